The molecule has 2 aromatic rings. The van der Waals surface area contributed by atoms with Gasteiger partial charge in [-0.15, -0.1) is 0 Å². The van der Waals surface area contributed by atoms with Gasteiger partial charge < -0.3 is 5.32 Å². The van der Waals surface area contributed by atoms with Crippen molar-refractivity contribution in [2.24, 2.45) is 0 Å². The summed E-state index contributed by atoms with van der Waals surface area (Å²) in [5.41, 5.74) is 1.56. The zero-order valence-electron chi connectivity index (χ0n) is 10.2. The molecular weight excluding hydrogens is 194 g/mol. The molecule has 0 spiro atoms. The summed E-state index contributed by atoms with van der Waals surface area (Å²) in [6.07, 6.45) is 1.05. The number of nitrogens with one attached hydrogen (secondary N) is 1. The summed E-state index contributed by atoms with van der Waals surface area (Å²) in [4.78, 5) is 0. The quantitative estimate of drug-likeness (QED) is 0.824. The van der Waals surface area contributed by atoms with Crippen LogP contribution in [0.5, 0.6) is 0 Å². The fourth-order valence-corrected chi connectivity index (χ4v) is 2.01. The summed E-state index contributed by atoms with van der Waals surface area (Å²) in [5, 5.41) is 6.05. The Hall–Kier alpha value is -1.34. The average Bonchev–Trinajstić information content (AvgIpc) is 2.29. The molecule has 2 rings (SSSR count). The van der Waals surface area contributed by atoms with E-state index >= 15 is 0 Å². The maximum absolute atomic E-state index is 3.35. The second-order valence-corrected chi connectivity index (χ2v) is 4.95. The number of likely N-dealkylation sites (N-methyl/N-ethyl adjacent to an activating group) is 1. The van der Waals surface area contributed by atoms with Crippen molar-refractivity contribution in [1.82, 2.24) is 5.32 Å². The summed E-state index contributed by atoms with van der Waals surface area (Å²) in [7, 11) is 2.02. The SMILES string of the molecule is CNC(C)(C)Cc1cccc2ccccc12. The van der Waals surface area contributed by atoms with Gasteiger partial charge in [0.15, 0.2) is 0 Å². The molecule has 0 aliphatic rings. The van der Waals surface area contributed by atoms with E-state index in [0.717, 1.165) is 6.42 Å². The van der Waals surface area contributed by atoms with Crippen molar-refractivity contribution in [2.75, 3.05) is 7.05 Å². The lowest BCUT2D eigenvalue weighted by Crippen LogP contribution is -2.38. The number of fused-ring (bicyclic) bond motifs is 1. The molecule has 1 nitrogen and oxygen atoms in total. The van der Waals surface area contributed by atoms with Crippen LogP contribution < -0.4 is 5.32 Å². The lowest BCUT2D eigenvalue weighted by molar-refractivity contribution is 0.423. The van der Waals surface area contributed by atoms with Gasteiger partial charge in [0.05, 0.1) is 0 Å². The fourth-order valence-electron chi connectivity index (χ4n) is 2.01. The third-order valence-corrected chi connectivity index (χ3v) is 3.19. The van der Waals surface area contributed by atoms with E-state index in [1.54, 1.807) is 0 Å². The Balaban J connectivity index is 2.45. The first-order valence-corrected chi connectivity index (χ1v) is 5.78. The Kier molecular flexibility index (Phi) is 2.97. The third kappa shape index (κ3) is 2.25. The van der Waals surface area contributed by atoms with Gasteiger partial charge in [-0.2, -0.15) is 0 Å². The van der Waals surface area contributed by atoms with Gasteiger partial charge in [-0.25, -0.2) is 0 Å². The second-order valence-electron chi connectivity index (χ2n) is 4.95. The predicted octanol–water partition coefficient (Wildman–Crippen LogP) is 3.38. The first-order valence-electron chi connectivity index (χ1n) is 5.78. The third-order valence-electron chi connectivity index (χ3n) is 3.19. The van der Waals surface area contributed by atoms with Crippen LogP contribution in [0, 0.1) is 0 Å². The molecule has 1 N–H and O–H groups in total. The highest BCUT2D eigenvalue weighted by Crippen LogP contribution is 2.22. The summed E-state index contributed by atoms with van der Waals surface area (Å²) in [5.74, 6) is 0. The van der Waals surface area contributed by atoms with Gasteiger partial charge in [0, 0.05) is 5.54 Å². The Morgan fingerprint density at radius 3 is 2.44 bits per heavy atom. The van der Waals surface area contributed by atoms with E-state index in [9.17, 15) is 0 Å². The molecule has 0 fully saturated rings. The minimum atomic E-state index is 0.143. The molecule has 84 valence electrons. The van der Waals surface area contributed by atoms with Crippen molar-refractivity contribution in [2.45, 2.75) is 25.8 Å². The molecule has 0 radical (unpaired) electrons. The van der Waals surface area contributed by atoms with Crippen molar-refractivity contribution < 1.29 is 0 Å². The van der Waals surface area contributed by atoms with Crippen LogP contribution >= 0.6 is 0 Å². The summed E-state index contributed by atoms with van der Waals surface area (Å²) in [6, 6.07) is 15.1. The normalized spacial score (nSPS) is 11.9. The van der Waals surface area contributed by atoms with Gasteiger partial charge in [0.1, 0.15) is 0 Å². The van der Waals surface area contributed by atoms with E-state index in [1.165, 1.54) is 16.3 Å². The highest BCUT2D eigenvalue weighted by molar-refractivity contribution is 5.85. The zero-order valence-corrected chi connectivity index (χ0v) is 10.2. The maximum atomic E-state index is 3.35. The topological polar surface area (TPSA) is 12.0 Å². The fraction of sp³-hybridized carbons (Fsp3) is 0.333. The molecule has 16 heavy (non-hydrogen) atoms. The van der Waals surface area contributed by atoms with Gasteiger partial charge in [-0.3, -0.25) is 0 Å². The van der Waals surface area contributed by atoms with E-state index in [2.05, 4.69) is 61.6 Å². The number of hydrogen-bond donors (Lipinski definition) is 1. The van der Waals surface area contributed by atoms with E-state index in [4.69, 9.17) is 0 Å². The van der Waals surface area contributed by atoms with E-state index in [0.29, 0.717) is 0 Å². The average molecular weight is 213 g/mol. The van der Waals surface area contributed by atoms with Crippen LogP contribution in [0.4, 0.5) is 0 Å². The summed E-state index contributed by atoms with van der Waals surface area (Å²) < 4.78 is 0. The van der Waals surface area contributed by atoms with Crippen LogP contribution in [0.15, 0.2) is 42.5 Å². The van der Waals surface area contributed by atoms with Crippen molar-refractivity contribution in [1.29, 1.82) is 0 Å². The monoisotopic (exact) mass is 213 g/mol. The molecule has 0 aliphatic carbocycles. The minimum absolute atomic E-state index is 0.143. The van der Waals surface area contributed by atoms with Gasteiger partial charge in [0.2, 0.25) is 0 Å². The van der Waals surface area contributed by atoms with Crippen molar-refractivity contribution in [3.63, 3.8) is 0 Å². The lowest BCUT2D eigenvalue weighted by Gasteiger charge is -2.24. The lowest BCUT2D eigenvalue weighted by atomic mass is 9.92. The largest absolute Gasteiger partial charge is 0.314 e. The standard InChI is InChI=1S/C15H19N/c1-15(2,16-3)11-13-9-6-8-12-7-4-5-10-14(12)13/h4-10,16H,11H2,1-3H3. The molecule has 0 saturated carbocycles. The molecule has 0 atom stereocenters. The summed E-state index contributed by atoms with van der Waals surface area (Å²) in [6.45, 7) is 4.46. The van der Waals surface area contributed by atoms with Gasteiger partial charge in [0.25, 0.3) is 0 Å². The van der Waals surface area contributed by atoms with Crippen molar-refractivity contribution in [3.05, 3.63) is 48.0 Å². The Morgan fingerprint density at radius 2 is 1.69 bits per heavy atom. The molecular formula is C15H19N. The Labute approximate surface area is 97.5 Å². The zero-order chi connectivity index (χ0) is 11.6. The molecule has 2 aromatic carbocycles. The smallest absolute Gasteiger partial charge is 0.0162 e. The molecule has 0 aliphatic heterocycles. The Bertz CT molecular complexity index is 480. The predicted molar refractivity (Wildman–Crippen MR) is 70.8 cm³/mol. The van der Waals surface area contributed by atoms with Crippen LogP contribution in [-0.2, 0) is 6.42 Å². The Morgan fingerprint density at radius 1 is 1.00 bits per heavy atom. The minimum Gasteiger partial charge on any atom is -0.314 e. The van der Waals surface area contributed by atoms with Crippen LogP contribution in [0.3, 0.4) is 0 Å². The molecule has 0 saturated heterocycles. The second kappa shape index (κ2) is 4.26. The number of hydrogen-bond acceptors (Lipinski definition) is 1. The first-order chi connectivity index (χ1) is 7.62. The van der Waals surface area contributed by atoms with E-state index in [1.807, 2.05) is 7.05 Å². The van der Waals surface area contributed by atoms with Crippen LogP contribution in [0.2, 0.25) is 0 Å². The van der Waals surface area contributed by atoms with Crippen LogP contribution in [0.25, 0.3) is 10.8 Å². The van der Waals surface area contributed by atoms with Gasteiger partial charge in [-0.1, -0.05) is 42.5 Å². The van der Waals surface area contributed by atoms with Gasteiger partial charge >= 0.3 is 0 Å². The first kappa shape index (κ1) is 11.2. The molecule has 0 unspecified atom stereocenters. The highest BCUT2D eigenvalue weighted by atomic mass is 14.9. The van der Waals surface area contributed by atoms with E-state index < -0.39 is 0 Å². The number of rotatable bonds is 3. The van der Waals surface area contributed by atoms with Crippen LogP contribution in [0.1, 0.15) is 19.4 Å². The molecule has 0 amide bonds. The maximum Gasteiger partial charge on any atom is 0.0162 e. The summed E-state index contributed by atoms with van der Waals surface area (Å²) >= 11 is 0. The molecule has 0 aromatic heterocycles. The number of benzene rings is 2. The van der Waals surface area contributed by atoms with Gasteiger partial charge in [-0.05, 0) is 43.7 Å². The molecule has 0 heterocycles. The van der Waals surface area contributed by atoms with E-state index in [-0.39, 0.29) is 5.54 Å². The molecule has 0 bridgehead atoms. The van der Waals surface area contributed by atoms with Crippen LogP contribution in [-0.4, -0.2) is 12.6 Å². The van der Waals surface area contributed by atoms with Crippen molar-refractivity contribution >= 4 is 10.8 Å². The molecule has 1 heteroatoms. The highest BCUT2D eigenvalue weighted by Gasteiger charge is 2.16. The van der Waals surface area contributed by atoms with Crippen molar-refractivity contribution in [3.8, 4) is 0 Å².